The normalized spacial score (nSPS) is 13.2. The van der Waals surface area contributed by atoms with Crippen molar-refractivity contribution in [1.82, 2.24) is 0 Å². The highest BCUT2D eigenvalue weighted by Crippen LogP contribution is 2.18. The smallest absolute Gasteiger partial charge is 0.126 e. The van der Waals surface area contributed by atoms with Crippen LogP contribution in [0.15, 0.2) is 18.2 Å². The van der Waals surface area contributed by atoms with Gasteiger partial charge in [0.15, 0.2) is 0 Å². The average Bonchev–Trinajstić information content (AvgIpc) is 2.19. The van der Waals surface area contributed by atoms with Crippen LogP contribution in [-0.2, 0) is 6.42 Å². The molecular formula is C13H18ClF. The van der Waals surface area contributed by atoms with E-state index in [9.17, 15) is 4.39 Å². The largest absolute Gasteiger partial charge is 0.207 e. The van der Waals surface area contributed by atoms with E-state index in [0.717, 1.165) is 18.4 Å². The quantitative estimate of drug-likeness (QED) is 0.673. The standard InChI is InChI=1S/C13H18ClF/c1-9(2)12(14)7-6-11-5-4-10(3)13(15)8-11/h4-5,8-9,12H,6-7H2,1-3H3. The maximum Gasteiger partial charge on any atom is 0.126 e. The molecule has 0 aliphatic rings. The van der Waals surface area contributed by atoms with E-state index in [2.05, 4.69) is 13.8 Å². The highest BCUT2D eigenvalue weighted by molar-refractivity contribution is 6.20. The third-order valence-corrected chi connectivity index (χ3v) is 3.39. The van der Waals surface area contributed by atoms with E-state index in [1.165, 1.54) is 0 Å². The predicted octanol–water partition coefficient (Wildman–Crippen LogP) is 4.33. The van der Waals surface area contributed by atoms with Gasteiger partial charge in [-0.1, -0.05) is 26.0 Å². The van der Waals surface area contributed by atoms with Gasteiger partial charge in [0.2, 0.25) is 0 Å². The van der Waals surface area contributed by atoms with Crippen LogP contribution in [0.2, 0.25) is 0 Å². The van der Waals surface area contributed by atoms with Gasteiger partial charge in [-0.05, 0) is 42.9 Å². The van der Waals surface area contributed by atoms with Gasteiger partial charge in [0, 0.05) is 5.38 Å². The van der Waals surface area contributed by atoms with Crippen LogP contribution < -0.4 is 0 Å². The Morgan fingerprint density at radius 3 is 2.53 bits per heavy atom. The van der Waals surface area contributed by atoms with Gasteiger partial charge in [-0.15, -0.1) is 11.6 Å². The molecule has 1 rings (SSSR count). The second-order valence-corrected chi connectivity index (χ2v) is 4.94. The number of rotatable bonds is 4. The molecule has 0 saturated heterocycles. The van der Waals surface area contributed by atoms with E-state index in [1.807, 2.05) is 12.1 Å². The Morgan fingerprint density at radius 1 is 1.33 bits per heavy atom. The molecule has 0 amide bonds. The number of hydrogen-bond donors (Lipinski definition) is 0. The Kier molecular flexibility index (Phi) is 4.59. The van der Waals surface area contributed by atoms with Crippen LogP contribution in [0.4, 0.5) is 4.39 Å². The van der Waals surface area contributed by atoms with Crippen LogP contribution in [-0.4, -0.2) is 5.38 Å². The summed E-state index contributed by atoms with van der Waals surface area (Å²) in [5.74, 6) is 0.352. The number of halogens is 2. The predicted molar refractivity (Wildman–Crippen MR) is 63.9 cm³/mol. The molecule has 0 radical (unpaired) electrons. The molecule has 0 heterocycles. The lowest BCUT2D eigenvalue weighted by atomic mass is 10.0. The van der Waals surface area contributed by atoms with Gasteiger partial charge < -0.3 is 0 Å². The molecule has 0 aliphatic carbocycles. The Bertz CT molecular complexity index is 320. The molecule has 1 aromatic carbocycles. The van der Waals surface area contributed by atoms with Crippen molar-refractivity contribution in [3.63, 3.8) is 0 Å². The van der Waals surface area contributed by atoms with E-state index in [4.69, 9.17) is 11.6 Å². The summed E-state index contributed by atoms with van der Waals surface area (Å²) in [6.07, 6.45) is 1.76. The molecule has 0 fully saturated rings. The second kappa shape index (κ2) is 5.50. The van der Waals surface area contributed by atoms with E-state index >= 15 is 0 Å². The zero-order valence-electron chi connectivity index (χ0n) is 9.56. The zero-order chi connectivity index (χ0) is 11.4. The minimum absolute atomic E-state index is 0.122. The molecule has 2 heteroatoms. The topological polar surface area (TPSA) is 0 Å². The van der Waals surface area contributed by atoms with Crippen molar-refractivity contribution >= 4 is 11.6 Å². The molecule has 1 unspecified atom stereocenters. The fraction of sp³-hybridized carbons (Fsp3) is 0.538. The third kappa shape index (κ3) is 3.83. The summed E-state index contributed by atoms with van der Waals surface area (Å²) < 4.78 is 13.2. The first kappa shape index (κ1) is 12.5. The van der Waals surface area contributed by atoms with Gasteiger partial charge in [0.1, 0.15) is 5.82 Å². The number of hydrogen-bond acceptors (Lipinski definition) is 0. The van der Waals surface area contributed by atoms with E-state index in [-0.39, 0.29) is 11.2 Å². The van der Waals surface area contributed by atoms with Crippen molar-refractivity contribution in [2.75, 3.05) is 0 Å². The molecule has 0 N–H and O–H groups in total. The highest BCUT2D eigenvalue weighted by Gasteiger charge is 2.09. The molecular weight excluding hydrogens is 211 g/mol. The van der Waals surface area contributed by atoms with Crippen molar-refractivity contribution in [2.45, 2.75) is 39.0 Å². The summed E-state index contributed by atoms with van der Waals surface area (Å²) in [6.45, 7) is 5.98. The van der Waals surface area contributed by atoms with Gasteiger partial charge in [0.05, 0.1) is 0 Å². The first-order chi connectivity index (χ1) is 7.00. The molecule has 0 spiro atoms. The minimum Gasteiger partial charge on any atom is -0.207 e. The van der Waals surface area contributed by atoms with Gasteiger partial charge >= 0.3 is 0 Å². The van der Waals surface area contributed by atoms with Gasteiger partial charge in [0.25, 0.3) is 0 Å². The Labute approximate surface area is 96.5 Å². The Morgan fingerprint density at radius 2 is 2.00 bits per heavy atom. The Hall–Kier alpha value is -0.560. The number of benzene rings is 1. The van der Waals surface area contributed by atoms with E-state index in [0.29, 0.717) is 11.5 Å². The lowest BCUT2D eigenvalue weighted by Gasteiger charge is -2.12. The molecule has 0 saturated carbocycles. The Balaban J connectivity index is 2.55. The fourth-order valence-electron chi connectivity index (χ4n) is 1.43. The maximum atomic E-state index is 13.2. The number of aryl methyl sites for hydroxylation is 2. The van der Waals surface area contributed by atoms with Crippen LogP contribution >= 0.6 is 11.6 Å². The van der Waals surface area contributed by atoms with Crippen LogP contribution in [0, 0.1) is 18.7 Å². The first-order valence-electron chi connectivity index (χ1n) is 5.40. The summed E-state index contributed by atoms with van der Waals surface area (Å²) in [4.78, 5) is 0. The molecule has 0 aliphatic heterocycles. The van der Waals surface area contributed by atoms with Crippen LogP contribution in [0.25, 0.3) is 0 Å². The molecule has 0 aromatic heterocycles. The monoisotopic (exact) mass is 228 g/mol. The summed E-state index contributed by atoms with van der Waals surface area (Å²) in [5.41, 5.74) is 1.73. The van der Waals surface area contributed by atoms with Gasteiger partial charge in [-0.25, -0.2) is 4.39 Å². The molecule has 15 heavy (non-hydrogen) atoms. The van der Waals surface area contributed by atoms with Crippen LogP contribution in [0.5, 0.6) is 0 Å². The maximum absolute atomic E-state index is 13.2. The van der Waals surface area contributed by atoms with Crippen molar-refractivity contribution in [1.29, 1.82) is 0 Å². The first-order valence-corrected chi connectivity index (χ1v) is 5.83. The lowest BCUT2D eigenvalue weighted by Crippen LogP contribution is -2.08. The molecule has 0 nitrogen and oxygen atoms in total. The van der Waals surface area contributed by atoms with Crippen molar-refractivity contribution in [3.05, 3.63) is 35.1 Å². The minimum atomic E-state index is -0.122. The highest BCUT2D eigenvalue weighted by atomic mass is 35.5. The van der Waals surface area contributed by atoms with Crippen molar-refractivity contribution in [2.24, 2.45) is 5.92 Å². The third-order valence-electron chi connectivity index (χ3n) is 2.67. The summed E-state index contributed by atoms with van der Waals surface area (Å²) in [7, 11) is 0. The average molecular weight is 229 g/mol. The van der Waals surface area contributed by atoms with Crippen molar-refractivity contribution in [3.8, 4) is 0 Å². The SMILES string of the molecule is Cc1ccc(CCC(Cl)C(C)C)cc1F. The van der Waals surface area contributed by atoms with E-state index < -0.39 is 0 Å². The summed E-state index contributed by atoms with van der Waals surface area (Å²) >= 11 is 6.14. The number of alkyl halides is 1. The van der Waals surface area contributed by atoms with Gasteiger partial charge in [-0.2, -0.15) is 0 Å². The second-order valence-electron chi connectivity index (χ2n) is 4.38. The van der Waals surface area contributed by atoms with E-state index in [1.54, 1.807) is 13.0 Å². The molecule has 1 atom stereocenters. The van der Waals surface area contributed by atoms with Gasteiger partial charge in [-0.3, -0.25) is 0 Å². The van der Waals surface area contributed by atoms with Crippen molar-refractivity contribution < 1.29 is 4.39 Å². The van der Waals surface area contributed by atoms with Crippen LogP contribution in [0.3, 0.4) is 0 Å². The summed E-state index contributed by atoms with van der Waals surface area (Å²) in [6, 6.07) is 5.41. The molecule has 0 bridgehead atoms. The van der Waals surface area contributed by atoms with Crippen LogP contribution in [0.1, 0.15) is 31.4 Å². The summed E-state index contributed by atoms with van der Waals surface area (Å²) in [5, 5.41) is 0.175. The molecule has 84 valence electrons. The molecule has 1 aromatic rings. The lowest BCUT2D eigenvalue weighted by molar-refractivity contribution is 0.563. The zero-order valence-corrected chi connectivity index (χ0v) is 10.3. The fourth-order valence-corrected chi connectivity index (χ4v) is 1.54.